The number of fused-ring (bicyclic) bond motifs is 1. The Labute approximate surface area is 154 Å². The maximum absolute atomic E-state index is 13.1. The van der Waals surface area contributed by atoms with E-state index in [9.17, 15) is 14.0 Å². The van der Waals surface area contributed by atoms with Gasteiger partial charge in [0.25, 0.3) is 5.91 Å². The van der Waals surface area contributed by atoms with Crippen LogP contribution in [-0.4, -0.2) is 54.0 Å². The first-order valence-corrected chi connectivity index (χ1v) is 8.76. The molecule has 2 heterocycles. The van der Waals surface area contributed by atoms with E-state index in [1.807, 2.05) is 6.07 Å². The third-order valence-corrected chi connectivity index (χ3v) is 4.83. The lowest BCUT2D eigenvalue weighted by Gasteiger charge is -2.35. The molecule has 0 saturated carbocycles. The van der Waals surface area contributed by atoms with Gasteiger partial charge in [-0.3, -0.25) is 4.79 Å². The minimum Gasteiger partial charge on any atom is -0.367 e. The lowest BCUT2D eigenvalue weighted by molar-refractivity contribution is 0.102. The molecule has 2 aromatic carbocycles. The summed E-state index contributed by atoms with van der Waals surface area (Å²) in [7, 11) is 2.07. The first kappa shape index (κ1) is 17.3. The quantitative estimate of drug-likeness (QED) is 0.659. The average Bonchev–Trinajstić information content (AvgIpc) is 3.01. The number of aromatic nitrogens is 2. The Morgan fingerprint density at radius 3 is 2.33 bits per heavy atom. The summed E-state index contributed by atoms with van der Waals surface area (Å²) < 4.78 is 13.1. The molecule has 1 aliphatic rings. The Hall–Kier alpha value is -3.13. The molecule has 1 aromatic heterocycles. The minimum absolute atomic E-state index is 0.295. The maximum Gasteiger partial charge on any atom is 0.323 e. The number of likely N-dealkylation sites (N-methyl/N-ethyl adjacent to an activating group) is 1. The molecule has 0 spiro atoms. The average molecular weight is 369 g/mol. The molecule has 0 bridgehead atoms. The van der Waals surface area contributed by atoms with E-state index in [2.05, 4.69) is 32.1 Å². The topological polar surface area (TPSA) is 84.2 Å². The van der Waals surface area contributed by atoms with E-state index >= 15 is 0 Å². The zero-order valence-electron chi connectivity index (χ0n) is 14.9. The number of anilines is 2. The van der Waals surface area contributed by atoms with Crippen molar-refractivity contribution in [3.05, 3.63) is 58.3 Å². The van der Waals surface area contributed by atoms with Crippen LogP contribution in [0, 0.1) is 5.82 Å². The van der Waals surface area contributed by atoms with Gasteiger partial charge in [0.15, 0.2) is 0 Å². The summed E-state index contributed by atoms with van der Waals surface area (Å²) in [5, 5.41) is 2.90. The lowest BCUT2D eigenvalue weighted by atomic mass is 10.1. The molecule has 7 nitrogen and oxygen atoms in total. The minimum atomic E-state index is -0.393. The zero-order chi connectivity index (χ0) is 19.0. The molecule has 1 aliphatic heterocycles. The van der Waals surface area contributed by atoms with Crippen LogP contribution in [0.25, 0.3) is 11.0 Å². The lowest BCUT2D eigenvalue weighted by Crippen LogP contribution is -2.44. The molecule has 4 rings (SSSR count). The standard InChI is InChI=1S/C19H20FN5O2/c1-24-6-8-25(9-7-24)17-11-15-14(22-19(27)23-15)10-16(17)21-18(26)12-2-4-13(20)5-3-12/h2-5,10-11H,6-9H2,1H3,(H,21,26)(H2,22,23,27). The second kappa shape index (κ2) is 6.88. The fourth-order valence-corrected chi connectivity index (χ4v) is 3.28. The van der Waals surface area contributed by atoms with Crippen molar-refractivity contribution in [2.45, 2.75) is 0 Å². The van der Waals surface area contributed by atoms with Gasteiger partial charge in [-0.2, -0.15) is 0 Å². The fourth-order valence-electron chi connectivity index (χ4n) is 3.28. The summed E-state index contributed by atoms with van der Waals surface area (Å²) >= 11 is 0. The Morgan fingerprint density at radius 1 is 1.04 bits per heavy atom. The van der Waals surface area contributed by atoms with E-state index in [1.165, 1.54) is 24.3 Å². The van der Waals surface area contributed by atoms with Gasteiger partial charge in [0.1, 0.15) is 5.82 Å². The number of carbonyl (C=O) groups excluding carboxylic acids is 1. The van der Waals surface area contributed by atoms with Crippen molar-refractivity contribution in [3.63, 3.8) is 0 Å². The summed E-state index contributed by atoms with van der Waals surface area (Å²) in [5.41, 5.74) is 2.83. The van der Waals surface area contributed by atoms with Crippen LogP contribution in [0.2, 0.25) is 0 Å². The monoisotopic (exact) mass is 369 g/mol. The summed E-state index contributed by atoms with van der Waals surface area (Å²) in [6.07, 6.45) is 0. The summed E-state index contributed by atoms with van der Waals surface area (Å²) in [6.45, 7) is 3.45. The van der Waals surface area contributed by atoms with E-state index in [1.54, 1.807) is 6.07 Å². The molecule has 0 radical (unpaired) electrons. The molecular weight excluding hydrogens is 349 g/mol. The van der Waals surface area contributed by atoms with Gasteiger partial charge in [0.05, 0.1) is 22.4 Å². The van der Waals surface area contributed by atoms with Gasteiger partial charge in [-0.1, -0.05) is 0 Å². The number of imidazole rings is 1. The molecule has 0 unspecified atom stereocenters. The van der Waals surface area contributed by atoms with Gasteiger partial charge >= 0.3 is 5.69 Å². The number of aromatic amines is 2. The van der Waals surface area contributed by atoms with Gasteiger partial charge in [0.2, 0.25) is 0 Å². The van der Waals surface area contributed by atoms with E-state index < -0.39 is 5.82 Å². The maximum atomic E-state index is 13.1. The molecule has 3 N–H and O–H groups in total. The zero-order valence-corrected chi connectivity index (χ0v) is 14.9. The van der Waals surface area contributed by atoms with Crippen LogP contribution >= 0.6 is 0 Å². The van der Waals surface area contributed by atoms with Crippen molar-refractivity contribution in [3.8, 4) is 0 Å². The highest BCUT2D eigenvalue weighted by Crippen LogP contribution is 2.31. The number of benzene rings is 2. The molecule has 1 fully saturated rings. The van der Waals surface area contributed by atoms with Crippen molar-refractivity contribution in [2.75, 3.05) is 43.4 Å². The third-order valence-electron chi connectivity index (χ3n) is 4.83. The number of carbonyl (C=O) groups is 1. The fraction of sp³-hybridized carbons (Fsp3) is 0.263. The first-order chi connectivity index (χ1) is 13.0. The summed E-state index contributed by atoms with van der Waals surface area (Å²) in [5.74, 6) is -0.724. The SMILES string of the molecule is CN1CCN(c2cc3[nH]c(=O)[nH]c3cc2NC(=O)c2ccc(F)cc2)CC1. The Kier molecular flexibility index (Phi) is 4.41. The molecule has 0 atom stereocenters. The molecule has 8 heteroatoms. The first-order valence-electron chi connectivity index (χ1n) is 8.76. The van der Waals surface area contributed by atoms with Crippen molar-refractivity contribution < 1.29 is 9.18 Å². The molecule has 1 saturated heterocycles. The second-order valence-corrected chi connectivity index (χ2v) is 6.75. The summed E-state index contributed by atoms with van der Waals surface area (Å²) in [4.78, 5) is 34.2. The molecule has 27 heavy (non-hydrogen) atoms. The number of hydrogen-bond donors (Lipinski definition) is 3. The van der Waals surface area contributed by atoms with Gasteiger partial charge in [0, 0.05) is 31.7 Å². The second-order valence-electron chi connectivity index (χ2n) is 6.75. The number of nitrogens with one attached hydrogen (secondary N) is 3. The number of amides is 1. The predicted molar refractivity (Wildman–Crippen MR) is 103 cm³/mol. The van der Waals surface area contributed by atoms with Crippen molar-refractivity contribution >= 4 is 28.3 Å². The highest BCUT2D eigenvalue weighted by molar-refractivity contribution is 6.07. The predicted octanol–water partition coefficient (Wildman–Crippen LogP) is 2.00. The summed E-state index contributed by atoms with van der Waals surface area (Å²) in [6, 6.07) is 9.02. The van der Waals surface area contributed by atoms with Crippen LogP contribution in [0.3, 0.4) is 0 Å². The van der Waals surface area contributed by atoms with Gasteiger partial charge < -0.3 is 25.1 Å². The molecule has 140 valence electrons. The number of rotatable bonds is 3. The van der Waals surface area contributed by atoms with Crippen molar-refractivity contribution in [2.24, 2.45) is 0 Å². The van der Waals surface area contributed by atoms with Gasteiger partial charge in [-0.15, -0.1) is 0 Å². The van der Waals surface area contributed by atoms with Crippen LogP contribution in [0.15, 0.2) is 41.2 Å². The third kappa shape index (κ3) is 3.56. The number of H-pyrrole nitrogens is 2. The Balaban J connectivity index is 1.70. The van der Waals surface area contributed by atoms with E-state index in [4.69, 9.17) is 0 Å². The molecule has 0 aliphatic carbocycles. The van der Waals surface area contributed by atoms with Crippen molar-refractivity contribution in [1.29, 1.82) is 0 Å². The number of halogens is 1. The Bertz CT molecular complexity index is 1030. The van der Waals surface area contributed by atoms with Crippen LogP contribution < -0.4 is 15.9 Å². The van der Waals surface area contributed by atoms with E-state index in [0.717, 1.165) is 31.9 Å². The van der Waals surface area contributed by atoms with Gasteiger partial charge in [-0.25, -0.2) is 9.18 Å². The highest BCUT2D eigenvalue weighted by atomic mass is 19.1. The normalized spacial score (nSPS) is 15.3. The largest absolute Gasteiger partial charge is 0.367 e. The Morgan fingerprint density at radius 2 is 1.67 bits per heavy atom. The number of nitrogens with zero attached hydrogens (tertiary/aromatic N) is 2. The molecule has 1 amide bonds. The number of piperazine rings is 1. The highest BCUT2D eigenvalue weighted by Gasteiger charge is 2.20. The van der Waals surface area contributed by atoms with Crippen molar-refractivity contribution in [1.82, 2.24) is 14.9 Å². The van der Waals surface area contributed by atoms with E-state index in [-0.39, 0.29) is 11.6 Å². The van der Waals surface area contributed by atoms with Gasteiger partial charge in [-0.05, 0) is 43.4 Å². The van der Waals surface area contributed by atoms with Crippen LogP contribution in [-0.2, 0) is 0 Å². The van der Waals surface area contributed by atoms with Crippen LogP contribution in [0.1, 0.15) is 10.4 Å². The smallest absolute Gasteiger partial charge is 0.323 e. The van der Waals surface area contributed by atoms with Crippen LogP contribution in [0.5, 0.6) is 0 Å². The van der Waals surface area contributed by atoms with E-state index in [0.29, 0.717) is 22.3 Å². The van der Waals surface area contributed by atoms with Crippen LogP contribution in [0.4, 0.5) is 15.8 Å². The molecule has 3 aromatic rings. The molecular formula is C19H20FN5O2. The number of hydrogen-bond acceptors (Lipinski definition) is 4.